The number of nitrogens with zero attached hydrogens (tertiary/aromatic N) is 2. The molecule has 0 bridgehead atoms. The summed E-state index contributed by atoms with van der Waals surface area (Å²) in [5.74, 6) is 1.17. The van der Waals surface area contributed by atoms with Gasteiger partial charge in [0.25, 0.3) is 5.89 Å². The molecular weight excluding hydrogens is 370 g/mol. The van der Waals surface area contributed by atoms with Crippen LogP contribution in [-0.4, -0.2) is 30.3 Å². The average Bonchev–Trinajstić information content (AvgIpc) is 3.21. The Morgan fingerprint density at radius 3 is 2.59 bits per heavy atom. The van der Waals surface area contributed by atoms with E-state index in [2.05, 4.69) is 15.5 Å². The third-order valence-electron chi connectivity index (χ3n) is 4.49. The van der Waals surface area contributed by atoms with Crippen LogP contribution in [0.2, 0.25) is 0 Å². The second-order valence-corrected chi connectivity index (χ2v) is 6.39. The zero-order chi connectivity index (χ0) is 20.2. The number of nitrogens with one attached hydrogen (secondary N) is 1. The van der Waals surface area contributed by atoms with Crippen LogP contribution < -0.4 is 14.8 Å². The Balaban J connectivity index is 1.49. The van der Waals surface area contributed by atoms with E-state index in [0.29, 0.717) is 17.1 Å². The molecule has 1 aromatic heterocycles. The summed E-state index contributed by atoms with van der Waals surface area (Å²) in [6.45, 7) is 0. The minimum atomic E-state index is -0.243. The Morgan fingerprint density at radius 2 is 1.79 bits per heavy atom. The van der Waals surface area contributed by atoms with E-state index < -0.39 is 0 Å². The molecule has 0 atom stereocenters. The van der Waals surface area contributed by atoms with Crippen LogP contribution in [0, 0.1) is 0 Å². The maximum Gasteiger partial charge on any atom is 0.322 e. The standard InChI is InChI=1S/C22H19N3O4/c1-27-17-9-10-19(28-2)18(13-17)21-24-25-22(29-21)23-20(26)12-14-7-8-15-5-3-4-6-16(15)11-14/h3-11,13H,12H2,1-2H3,(H,23,25,26). The second kappa shape index (κ2) is 8.02. The zero-order valence-electron chi connectivity index (χ0n) is 16.0. The number of anilines is 1. The minimum Gasteiger partial charge on any atom is -0.497 e. The molecule has 7 nitrogen and oxygen atoms in total. The van der Waals surface area contributed by atoms with Crippen molar-refractivity contribution in [3.05, 3.63) is 66.2 Å². The predicted octanol–water partition coefficient (Wildman–Crippen LogP) is 4.09. The molecule has 4 rings (SSSR count). The molecular formula is C22H19N3O4. The molecule has 7 heteroatoms. The van der Waals surface area contributed by atoms with E-state index >= 15 is 0 Å². The second-order valence-electron chi connectivity index (χ2n) is 6.39. The fourth-order valence-electron chi connectivity index (χ4n) is 3.06. The normalized spacial score (nSPS) is 10.7. The number of amides is 1. The number of ether oxygens (including phenoxy) is 2. The molecule has 3 aromatic carbocycles. The van der Waals surface area contributed by atoms with Gasteiger partial charge in [0.05, 0.1) is 26.2 Å². The maximum absolute atomic E-state index is 12.4. The quantitative estimate of drug-likeness (QED) is 0.535. The molecule has 1 N–H and O–H groups in total. The highest BCUT2D eigenvalue weighted by molar-refractivity contribution is 5.91. The lowest BCUT2D eigenvalue weighted by Gasteiger charge is -2.07. The van der Waals surface area contributed by atoms with E-state index in [1.807, 2.05) is 42.5 Å². The summed E-state index contributed by atoms with van der Waals surface area (Å²) in [6.07, 6.45) is 0.199. The number of methoxy groups -OCH3 is 2. The number of carbonyl (C=O) groups is 1. The van der Waals surface area contributed by atoms with E-state index in [-0.39, 0.29) is 24.2 Å². The monoisotopic (exact) mass is 389 g/mol. The molecule has 0 unspecified atom stereocenters. The van der Waals surface area contributed by atoms with Crippen LogP contribution in [0.25, 0.3) is 22.2 Å². The number of carbonyl (C=O) groups excluding carboxylic acids is 1. The first-order valence-electron chi connectivity index (χ1n) is 8.99. The molecule has 0 fully saturated rings. The Bertz CT molecular complexity index is 1170. The molecule has 0 spiro atoms. The molecule has 146 valence electrons. The predicted molar refractivity (Wildman–Crippen MR) is 109 cm³/mol. The van der Waals surface area contributed by atoms with Crippen molar-refractivity contribution < 1.29 is 18.7 Å². The van der Waals surface area contributed by atoms with E-state index in [0.717, 1.165) is 16.3 Å². The van der Waals surface area contributed by atoms with Gasteiger partial charge in [0, 0.05) is 0 Å². The number of hydrogen-bond donors (Lipinski definition) is 1. The minimum absolute atomic E-state index is 0.0238. The van der Waals surface area contributed by atoms with Crippen molar-refractivity contribution in [1.29, 1.82) is 0 Å². The molecule has 0 saturated heterocycles. The molecule has 1 amide bonds. The number of benzene rings is 3. The van der Waals surface area contributed by atoms with E-state index in [1.165, 1.54) is 0 Å². The lowest BCUT2D eigenvalue weighted by molar-refractivity contribution is -0.115. The summed E-state index contributed by atoms with van der Waals surface area (Å²) in [5.41, 5.74) is 1.48. The Labute approximate surface area is 167 Å². The van der Waals surface area contributed by atoms with Gasteiger partial charge in [-0.3, -0.25) is 10.1 Å². The highest BCUT2D eigenvalue weighted by Crippen LogP contribution is 2.33. The molecule has 4 aromatic rings. The average molecular weight is 389 g/mol. The highest BCUT2D eigenvalue weighted by atomic mass is 16.5. The van der Waals surface area contributed by atoms with Crippen molar-refractivity contribution in [1.82, 2.24) is 10.2 Å². The van der Waals surface area contributed by atoms with Crippen LogP contribution in [0.4, 0.5) is 6.01 Å². The number of aromatic nitrogens is 2. The van der Waals surface area contributed by atoms with Gasteiger partial charge in [-0.15, -0.1) is 5.10 Å². The Kier molecular flexibility index (Phi) is 5.11. The summed E-state index contributed by atoms with van der Waals surface area (Å²) < 4.78 is 16.2. The van der Waals surface area contributed by atoms with Crippen molar-refractivity contribution in [3.63, 3.8) is 0 Å². The van der Waals surface area contributed by atoms with Gasteiger partial charge in [-0.2, -0.15) is 0 Å². The van der Waals surface area contributed by atoms with Crippen LogP contribution in [0.5, 0.6) is 11.5 Å². The summed E-state index contributed by atoms with van der Waals surface area (Å²) in [6, 6.07) is 19.2. The molecule has 0 saturated carbocycles. The van der Waals surface area contributed by atoms with Gasteiger partial charge in [-0.1, -0.05) is 47.6 Å². The fraction of sp³-hybridized carbons (Fsp3) is 0.136. The first-order valence-corrected chi connectivity index (χ1v) is 8.99. The van der Waals surface area contributed by atoms with Crippen LogP contribution in [0.15, 0.2) is 65.1 Å². The smallest absolute Gasteiger partial charge is 0.322 e. The van der Waals surface area contributed by atoms with Crippen molar-refractivity contribution in [2.45, 2.75) is 6.42 Å². The molecule has 0 radical (unpaired) electrons. The Hall–Kier alpha value is -3.87. The zero-order valence-corrected chi connectivity index (χ0v) is 16.0. The molecule has 1 heterocycles. The number of hydrogen-bond acceptors (Lipinski definition) is 6. The number of rotatable bonds is 6. The fourth-order valence-corrected chi connectivity index (χ4v) is 3.06. The summed E-state index contributed by atoms with van der Waals surface area (Å²) >= 11 is 0. The molecule has 0 aliphatic rings. The van der Waals surface area contributed by atoms with Crippen molar-refractivity contribution in [2.24, 2.45) is 0 Å². The van der Waals surface area contributed by atoms with Gasteiger partial charge in [0.1, 0.15) is 11.5 Å². The molecule has 29 heavy (non-hydrogen) atoms. The first kappa shape index (κ1) is 18.5. The van der Waals surface area contributed by atoms with E-state index in [9.17, 15) is 4.79 Å². The third-order valence-corrected chi connectivity index (χ3v) is 4.49. The van der Waals surface area contributed by atoms with E-state index in [4.69, 9.17) is 13.9 Å². The van der Waals surface area contributed by atoms with Gasteiger partial charge in [0.2, 0.25) is 5.91 Å². The van der Waals surface area contributed by atoms with Gasteiger partial charge >= 0.3 is 6.01 Å². The van der Waals surface area contributed by atoms with Crippen LogP contribution in [-0.2, 0) is 11.2 Å². The third kappa shape index (κ3) is 4.03. The van der Waals surface area contributed by atoms with Crippen LogP contribution in [0.3, 0.4) is 0 Å². The Morgan fingerprint density at radius 1 is 0.966 bits per heavy atom. The first-order chi connectivity index (χ1) is 14.2. The van der Waals surface area contributed by atoms with Gasteiger partial charge < -0.3 is 13.9 Å². The summed E-state index contributed by atoms with van der Waals surface area (Å²) in [5, 5.41) is 12.8. The van der Waals surface area contributed by atoms with Crippen molar-refractivity contribution >= 4 is 22.7 Å². The molecule has 0 aliphatic carbocycles. The van der Waals surface area contributed by atoms with Crippen molar-refractivity contribution in [2.75, 3.05) is 19.5 Å². The SMILES string of the molecule is COc1ccc(OC)c(-c2nnc(NC(=O)Cc3ccc4ccccc4c3)o2)c1. The summed E-state index contributed by atoms with van der Waals surface area (Å²) in [4.78, 5) is 12.4. The highest BCUT2D eigenvalue weighted by Gasteiger charge is 2.16. The molecule has 0 aliphatic heterocycles. The lowest BCUT2D eigenvalue weighted by atomic mass is 10.1. The lowest BCUT2D eigenvalue weighted by Crippen LogP contribution is -2.14. The van der Waals surface area contributed by atoms with Crippen molar-refractivity contribution in [3.8, 4) is 23.0 Å². The summed E-state index contributed by atoms with van der Waals surface area (Å²) in [7, 11) is 3.12. The topological polar surface area (TPSA) is 86.5 Å². The van der Waals surface area contributed by atoms with Crippen LogP contribution in [0.1, 0.15) is 5.56 Å². The van der Waals surface area contributed by atoms with Gasteiger partial charge in [-0.25, -0.2) is 0 Å². The van der Waals surface area contributed by atoms with E-state index in [1.54, 1.807) is 32.4 Å². The van der Waals surface area contributed by atoms with Gasteiger partial charge in [0.15, 0.2) is 0 Å². The maximum atomic E-state index is 12.4. The number of fused-ring (bicyclic) bond motifs is 1. The van der Waals surface area contributed by atoms with Crippen LogP contribution >= 0.6 is 0 Å². The largest absolute Gasteiger partial charge is 0.497 e. The van der Waals surface area contributed by atoms with Gasteiger partial charge in [-0.05, 0) is 34.5 Å².